The summed E-state index contributed by atoms with van der Waals surface area (Å²) in [5.41, 5.74) is 0. The third-order valence-electron chi connectivity index (χ3n) is 3.05. The largest absolute Gasteiger partial charge is 0.481 e. The normalized spacial score (nSPS) is 18.2. The van der Waals surface area contributed by atoms with Crippen molar-refractivity contribution in [3.63, 3.8) is 0 Å². The van der Waals surface area contributed by atoms with Gasteiger partial charge in [0.05, 0.1) is 6.42 Å². The molecule has 0 aromatic heterocycles. The number of carbonyl (C=O) groups excluding carboxylic acids is 1. The van der Waals surface area contributed by atoms with Crippen LogP contribution in [-0.2, 0) is 9.59 Å². The van der Waals surface area contributed by atoms with E-state index in [1.54, 1.807) is 0 Å². The number of likely N-dealkylation sites (tertiary alicyclic amines) is 1. The molecule has 0 spiro atoms. The topological polar surface area (TPSA) is 107 Å². The standard InChI is InChI=1S/C11H18N2O5/c1-7-2-4-13(5-3-7)11(18)12-8(10(16)17)6-9(14)15/h7-8H,2-6H2,1H3,(H,12,18)(H,14,15)(H,16,17)/t8-/m1/s1. The van der Waals surface area contributed by atoms with E-state index in [0.717, 1.165) is 12.8 Å². The molecule has 0 saturated carbocycles. The molecule has 0 aliphatic carbocycles. The molecule has 1 rings (SSSR count). The molecule has 102 valence electrons. The van der Waals surface area contributed by atoms with Crippen molar-refractivity contribution in [3.05, 3.63) is 0 Å². The summed E-state index contributed by atoms with van der Waals surface area (Å²) < 4.78 is 0. The predicted octanol–water partition coefficient (Wildman–Crippen LogP) is 0.356. The Morgan fingerprint density at radius 3 is 2.28 bits per heavy atom. The van der Waals surface area contributed by atoms with Crippen molar-refractivity contribution in [1.29, 1.82) is 0 Å². The molecule has 1 atom stereocenters. The first-order valence-electron chi connectivity index (χ1n) is 5.90. The van der Waals surface area contributed by atoms with Crippen LogP contribution in [0.1, 0.15) is 26.2 Å². The number of amides is 2. The molecule has 1 aliphatic rings. The molecule has 18 heavy (non-hydrogen) atoms. The summed E-state index contributed by atoms with van der Waals surface area (Å²) in [6, 6.07) is -1.88. The maximum Gasteiger partial charge on any atom is 0.326 e. The lowest BCUT2D eigenvalue weighted by molar-refractivity contribution is -0.145. The van der Waals surface area contributed by atoms with E-state index in [4.69, 9.17) is 10.2 Å². The van der Waals surface area contributed by atoms with Crippen LogP contribution in [0, 0.1) is 5.92 Å². The number of carboxylic acids is 2. The van der Waals surface area contributed by atoms with Crippen molar-refractivity contribution < 1.29 is 24.6 Å². The highest BCUT2D eigenvalue weighted by atomic mass is 16.4. The number of hydrogen-bond donors (Lipinski definition) is 3. The van der Waals surface area contributed by atoms with E-state index < -0.39 is 30.4 Å². The average Bonchev–Trinajstić information content (AvgIpc) is 2.28. The van der Waals surface area contributed by atoms with Crippen LogP contribution in [0.5, 0.6) is 0 Å². The molecule has 7 heteroatoms. The van der Waals surface area contributed by atoms with E-state index in [-0.39, 0.29) is 0 Å². The van der Waals surface area contributed by atoms with Crippen LogP contribution >= 0.6 is 0 Å². The van der Waals surface area contributed by atoms with Crippen molar-refractivity contribution in [2.75, 3.05) is 13.1 Å². The van der Waals surface area contributed by atoms with E-state index in [1.807, 2.05) is 0 Å². The van der Waals surface area contributed by atoms with Crippen LogP contribution < -0.4 is 5.32 Å². The van der Waals surface area contributed by atoms with Gasteiger partial charge in [0.2, 0.25) is 0 Å². The van der Waals surface area contributed by atoms with Crippen molar-refractivity contribution >= 4 is 18.0 Å². The Balaban J connectivity index is 2.50. The zero-order valence-corrected chi connectivity index (χ0v) is 10.3. The van der Waals surface area contributed by atoms with Gasteiger partial charge < -0.3 is 20.4 Å². The fraction of sp³-hybridized carbons (Fsp3) is 0.727. The Morgan fingerprint density at radius 1 is 1.28 bits per heavy atom. The first-order chi connectivity index (χ1) is 8.40. The monoisotopic (exact) mass is 258 g/mol. The lowest BCUT2D eigenvalue weighted by Crippen LogP contribution is -2.50. The number of urea groups is 1. The minimum Gasteiger partial charge on any atom is -0.481 e. The molecule has 0 aromatic carbocycles. The number of nitrogens with zero attached hydrogens (tertiary/aromatic N) is 1. The lowest BCUT2D eigenvalue weighted by atomic mass is 10.00. The predicted molar refractivity (Wildman–Crippen MR) is 62.2 cm³/mol. The van der Waals surface area contributed by atoms with E-state index in [1.165, 1.54) is 4.90 Å². The minimum absolute atomic E-state index is 0.504. The molecular weight excluding hydrogens is 240 g/mol. The average molecular weight is 258 g/mol. The van der Waals surface area contributed by atoms with Crippen LogP contribution in [-0.4, -0.2) is 52.2 Å². The Hall–Kier alpha value is -1.79. The van der Waals surface area contributed by atoms with Crippen LogP contribution in [0.15, 0.2) is 0 Å². The number of aliphatic carboxylic acids is 2. The quantitative estimate of drug-likeness (QED) is 0.674. The molecule has 7 nitrogen and oxygen atoms in total. The van der Waals surface area contributed by atoms with Crippen LogP contribution in [0.25, 0.3) is 0 Å². The van der Waals surface area contributed by atoms with E-state index in [0.29, 0.717) is 19.0 Å². The summed E-state index contributed by atoms with van der Waals surface area (Å²) in [7, 11) is 0. The highest BCUT2D eigenvalue weighted by Gasteiger charge is 2.27. The van der Waals surface area contributed by atoms with Crippen LogP contribution in [0.2, 0.25) is 0 Å². The van der Waals surface area contributed by atoms with Gasteiger partial charge in [-0.1, -0.05) is 6.92 Å². The number of rotatable bonds is 4. The summed E-state index contributed by atoms with van der Waals surface area (Å²) in [5.74, 6) is -2.03. The van der Waals surface area contributed by atoms with Gasteiger partial charge in [0.15, 0.2) is 0 Å². The molecule has 0 bridgehead atoms. The summed E-state index contributed by atoms with van der Waals surface area (Å²) >= 11 is 0. The Labute approximate surface area is 105 Å². The number of carbonyl (C=O) groups is 3. The minimum atomic E-state index is -1.38. The van der Waals surface area contributed by atoms with Crippen molar-refractivity contribution in [2.45, 2.75) is 32.2 Å². The van der Waals surface area contributed by atoms with Gasteiger partial charge in [-0.15, -0.1) is 0 Å². The summed E-state index contributed by atoms with van der Waals surface area (Å²) in [6.45, 7) is 3.25. The zero-order chi connectivity index (χ0) is 13.7. The van der Waals surface area contributed by atoms with Gasteiger partial charge in [0, 0.05) is 13.1 Å². The van der Waals surface area contributed by atoms with Crippen molar-refractivity contribution in [3.8, 4) is 0 Å². The van der Waals surface area contributed by atoms with Gasteiger partial charge in [-0.25, -0.2) is 9.59 Å². The number of nitrogens with one attached hydrogen (secondary N) is 1. The number of piperidine rings is 1. The SMILES string of the molecule is CC1CCN(C(=O)N[C@H](CC(=O)O)C(=O)O)CC1. The molecular formula is C11H18N2O5. The fourth-order valence-corrected chi connectivity index (χ4v) is 1.83. The van der Waals surface area contributed by atoms with E-state index in [2.05, 4.69) is 12.2 Å². The molecule has 2 amide bonds. The highest BCUT2D eigenvalue weighted by Crippen LogP contribution is 2.15. The van der Waals surface area contributed by atoms with Crippen LogP contribution in [0.4, 0.5) is 4.79 Å². The van der Waals surface area contributed by atoms with Crippen molar-refractivity contribution in [2.24, 2.45) is 5.92 Å². The van der Waals surface area contributed by atoms with E-state index >= 15 is 0 Å². The fourth-order valence-electron chi connectivity index (χ4n) is 1.83. The second kappa shape index (κ2) is 6.23. The highest BCUT2D eigenvalue weighted by molar-refractivity contribution is 5.86. The smallest absolute Gasteiger partial charge is 0.326 e. The molecule has 1 fully saturated rings. The van der Waals surface area contributed by atoms with Gasteiger partial charge in [0.1, 0.15) is 6.04 Å². The maximum atomic E-state index is 11.8. The first kappa shape index (κ1) is 14.3. The first-order valence-corrected chi connectivity index (χ1v) is 5.90. The van der Waals surface area contributed by atoms with Crippen molar-refractivity contribution in [1.82, 2.24) is 10.2 Å². The Bertz CT molecular complexity index is 336. The molecule has 1 heterocycles. The molecule has 1 aliphatic heterocycles. The molecule has 1 saturated heterocycles. The van der Waals surface area contributed by atoms with Gasteiger partial charge >= 0.3 is 18.0 Å². The second-order valence-corrected chi connectivity index (χ2v) is 4.61. The van der Waals surface area contributed by atoms with Gasteiger partial charge in [0.25, 0.3) is 0 Å². The van der Waals surface area contributed by atoms with Gasteiger partial charge in [-0.3, -0.25) is 4.79 Å². The zero-order valence-electron chi connectivity index (χ0n) is 10.3. The number of carboxylic acid groups (broad SMARTS) is 2. The Morgan fingerprint density at radius 2 is 1.83 bits per heavy atom. The molecule has 0 aromatic rings. The van der Waals surface area contributed by atoms with Gasteiger partial charge in [-0.05, 0) is 18.8 Å². The van der Waals surface area contributed by atoms with E-state index in [9.17, 15) is 14.4 Å². The van der Waals surface area contributed by atoms with Crippen LogP contribution in [0.3, 0.4) is 0 Å². The number of hydrogen-bond acceptors (Lipinski definition) is 3. The summed E-state index contributed by atoms with van der Waals surface area (Å²) in [4.78, 5) is 34.6. The van der Waals surface area contributed by atoms with Gasteiger partial charge in [-0.2, -0.15) is 0 Å². The third kappa shape index (κ3) is 4.23. The molecule has 3 N–H and O–H groups in total. The molecule has 0 unspecified atom stereocenters. The summed E-state index contributed by atoms with van der Waals surface area (Å²) in [6.07, 6.45) is 1.14. The maximum absolute atomic E-state index is 11.8. The Kier molecular flexibility index (Phi) is 4.94. The second-order valence-electron chi connectivity index (χ2n) is 4.61. The molecule has 0 radical (unpaired) electrons. The summed E-state index contributed by atoms with van der Waals surface area (Å²) in [5, 5.41) is 19.6. The lowest BCUT2D eigenvalue weighted by Gasteiger charge is -2.31. The third-order valence-corrected chi connectivity index (χ3v) is 3.05.